The van der Waals surface area contributed by atoms with Crippen LogP contribution in [-0.4, -0.2) is 45.5 Å². The lowest BCUT2D eigenvalue weighted by Crippen LogP contribution is -2.41. The molecule has 0 bridgehead atoms. The van der Waals surface area contributed by atoms with Crippen LogP contribution in [0, 0.1) is 0 Å². The molecular weight excluding hydrogens is 242 g/mol. The summed E-state index contributed by atoms with van der Waals surface area (Å²) in [6, 6.07) is 0.537. The molecule has 1 aliphatic carbocycles. The number of guanidine groups is 1. The van der Waals surface area contributed by atoms with Crippen LogP contribution in [0.15, 0.2) is 4.99 Å². The highest BCUT2D eigenvalue weighted by atomic mass is 16.5. The molecule has 5 heteroatoms. The van der Waals surface area contributed by atoms with Crippen molar-refractivity contribution in [2.75, 3.05) is 33.5 Å². The van der Waals surface area contributed by atoms with Crippen LogP contribution in [0.25, 0.3) is 0 Å². The van der Waals surface area contributed by atoms with Crippen molar-refractivity contribution in [1.29, 1.82) is 0 Å². The highest BCUT2D eigenvalue weighted by Crippen LogP contribution is 2.16. The van der Waals surface area contributed by atoms with Gasteiger partial charge in [0.2, 0.25) is 0 Å². The van der Waals surface area contributed by atoms with Crippen LogP contribution < -0.4 is 11.1 Å². The molecule has 1 aliphatic rings. The van der Waals surface area contributed by atoms with Gasteiger partial charge in [-0.25, -0.2) is 0 Å². The third-order valence-corrected chi connectivity index (χ3v) is 3.37. The first-order valence-corrected chi connectivity index (χ1v) is 7.46. The topological polar surface area (TPSA) is 68.9 Å². The van der Waals surface area contributed by atoms with Crippen LogP contribution in [0.4, 0.5) is 0 Å². The Kier molecular flexibility index (Phi) is 9.45. The first kappa shape index (κ1) is 16.2. The lowest BCUT2D eigenvalue weighted by Gasteiger charge is -2.23. The molecule has 0 spiro atoms. The third kappa shape index (κ3) is 8.83. The van der Waals surface area contributed by atoms with E-state index in [9.17, 15) is 0 Å². The van der Waals surface area contributed by atoms with E-state index in [2.05, 4.69) is 10.3 Å². The molecule has 3 N–H and O–H groups in total. The zero-order valence-electron chi connectivity index (χ0n) is 12.2. The molecule has 0 aliphatic heterocycles. The Morgan fingerprint density at radius 3 is 2.68 bits per heavy atom. The van der Waals surface area contributed by atoms with Gasteiger partial charge in [0.1, 0.15) is 0 Å². The molecule has 112 valence electrons. The minimum Gasteiger partial charge on any atom is -0.382 e. The van der Waals surface area contributed by atoms with Gasteiger partial charge in [0, 0.05) is 26.3 Å². The lowest BCUT2D eigenvalue weighted by atomic mass is 9.96. The quantitative estimate of drug-likeness (QED) is 0.380. The van der Waals surface area contributed by atoms with Gasteiger partial charge in [-0.2, -0.15) is 0 Å². The molecule has 1 fully saturated rings. The maximum Gasteiger partial charge on any atom is 0.188 e. The van der Waals surface area contributed by atoms with E-state index in [1.807, 2.05) is 0 Å². The number of rotatable bonds is 9. The minimum absolute atomic E-state index is 0.537. The molecule has 0 aromatic carbocycles. The zero-order chi connectivity index (χ0) is 13.8. The first-order valence-electron chi connectivity index (χ1n) is 7.46. The largest absolute Gasteiger partial charge is 0.382 e. The van der Waals surface area contributed by atoms with Crippen molar-refractivity contribution in [3.8, 4) is 0 Å². The van der Waals surface area contributed by atoms with Gasteiger partial charge in [0.05, 0.1) is 13.2 Å². The summed E-state index contributed by atoms with van der Waals surface area (Å²) in [4.78, 5) is 4.36. The molecule has 0 aromatic heterocycles. The van der Waals surface area contributed by atoms with Gasteiger partial charge in [0.25, 0.3) is 0 Å². The summed E-state index contributed by atoms with van der Waals surface area (Å²) in [5.74, 6) is 0.604. The second-order valence-electron chi connectivity index (χ2n) is 5.06. The summed E-state index contributed by atoms with van der Waals surface area (Å²) in [5.41, 5.74) is 5.88. The number of hydrogen-bond donors (Lipinski definition) is 2. The fraction of sp³-hybridized carbons (Fsp3) is 0.929. The third-order valence-electron chi connectivity index (χ3n) is 3.37. The summed E-state index contributed by atoms with van der Waals surface area (Å²) in [7, 11) is 1.68. The molecule has 0 amide bonds. The SMILES string of the molecule is COCCOCCCCN=C(N)NC1CCCCC1. The van der Waals surface area contributed by atoms with Crippen LogP contribution in [0.2, 0.25) is 0 Å². The summed E-state index contributed by atoms with van der Waals surface area (Å²) in [6.07, 6.45) is 8.46. The zero-order valence-corrected chi connectivity index (χ0v) is 12.2. The first-order chi connectivity index (χ1) is 9.33. The Bertz CT molecular complexity index is 241. The van der Waals surface area contributed by atoms with Gasteiger partial charge in [0.15, 0.2) is 5.96 Å². The van der Waals surface area contributed by atoms with Crippen LogP contribution in [0.3, 0.4) is 0 Å². The smallest absolute Gasteiger partial charge is 0.188 e. The Balaban J connectivity index is 1.95. The van der Waals surface area contributed by atoms with E-state index in [-0.39, 0.29) is 0 Å². The van der Waals surface area contributed by atoms with E-state index >= 15 is 0 Å². The molecule has 0 aromatic rings. The minimum atomic E-state index is 0.537. The van der Waals surface area contributed by atoms with E-state index in [1.54, 1.807) is 7.11 Å². The molecule has 0 radical (unpaired) electrons. The van der Waals surface area contributed by atoms with Crippen LogP contribution in [0.1, 0.15) is 44.9 Å². The Hall–Kier alpha value is -0.810. The summed E-state index contributed by atoms with van der Waals surface area (Å²) >= 11 is 0. The molecule has 0 unspecified atom stereocenters. The van der Waals surface area contributed by atoms with Gasteiger partial charge in [-0.3, -0.25) is 4.99 Å². The van der Waals surface area contributed by atoms with E-state index < -0.39 is 0 Å². The van der Waals surface area contributed by atoms with Gasteiger partial charge in [-0.15, -0.1) is 0 Å². The maximum atomic E-state index is 5.88. The number of methoxy groups -OCH3 is 1. The highest BCUT2D eigenvalue weighted by molar-refractivity contribution is 5.78. The molecule has 1 saturated carbocycles. The summed E-state index contributed by atoms with van der Waals surface area (Å²) in [6.45, 7) is 2.88. The number of unbranched alkanes of at least 4 members (excludes halogenated alkanes) is 1. The number of nitrogens with one attached hydrogen (secondary N) is 1. The van der Waals surface area contributed by atoms with Crippen LogP contribution in [0.5, 0.6) is 0 Å². The van der Waals surface area contributed by atoms with Gasteiger partial charge < -0.3 is 20.5 Å². The van der Waals surface area contributed by atoms with E-state index in [4.69, 9.17) is 15.2 Å². The van der Waals surface area contributed by atoms with Crippen LogP contribution >= 0.6 is 0 Å². The second-order valence-corrected chi connectivity index (χ2v) is 5.06. The van der Waals surface area contributed by atoms with E-state index in [1.165, 1.54) is 32.1 Å². The van der Waals surface area contributed by atoms with Crippen molar-refractivity contribution < 1.29 is 9.47 Å². The van der Waals surface area contributed by atoms with Crippen molar-refractivity contribution in [3.63, 3.8) is 0 Å². The standard InChI is InChI=1S/C14H29N3O2/c1-18-11-12-19-10-6-5-9-16-14(15)17-13-7-3-2-4-8-13/h13H,2-12H2,1H3,(H3,15,16,17). The molecule has 0 heterocycles. The normalized spacial score (nSPS) is 17.6. The number of nitrogens with two attached hydrogens (primary N) is 1. The molecule has 0 atom stereocenters. The predicted molar refractivity (Wildman–Crippen MR) is 78.4 cm³/mol. The van der Waals surface area contributed by atoms with Crippen molar-refractivity contribution in [2.24, 2.45) is 10.7 Å². The monoisotopic (exact) mass is 271 g/mol. The van der Waals surface area contributed by atoms with Gasteiger partial charge >= 0.3 is 0 Å². The average molecular weight is 271 g/mol. The number of nitrogens with zero attached hydrogens (tertiary/aromatic N) is 1. The average Bonchev–Trinajstić information content (AvgIpc) is 2.43. The fourth-order valence-electron chi connectivity index (χ4n) is 2.26. The summed E-state index contributed by atoms with van der Waals surface area (Å²) < 4.78 is 10.3. The van der Waals surface area contributed by atoms with Crippen molar-refractivity contribution in [3.05, 3.63) is 0 Å². The molecule has 1 rings (SSSR count). The van der Waals surface area contributed by atoms with Gasteiger partial charge in [-0.1, -0.05) is 19.3 Å². The maximum absolute atomic E-state index is 5.88. The van der Waals surface area contributed by atoms with Crippen LogP contribution in [-0.2, 0) is 9.47 Å². The van der Waals surface area contributed by atoms with Crippen molar-refractivity contribution in [2.45, 2.75) is 51.0 Å². The number of aliphatic imine (C=N–C) groups is 1. The molecule has 5 nitrogen and oxygen atoms in total. The lowest BCUT2D eigenvalue weighted by molar-refractivity contribution is 0.0690. The van der Waals surface area contributed by atoms with E-state index in [0.717, 1.165) is 26.0 Å². The summed E-state index contributed by atoms with van der Waals surface area (Å²) in [5, 5.41) is 3.32. The predicted octanol–water partition coefficient (Wildman–Crippen LogP) is 1.67. The second kappa shape index (κ2) is 11.1. The van der Waals surface area contributed by atoms with Crippen molar-refractivity contribution >= 4 is 5.96 Å². The van der Waals surface area contributed by atoms with Gasteiger partial charge in [-0.05, 0) is 25.7 Å². The Labute approximate surface area is 116 Å². The van der Waals surface area contributed by atoms with E-state index in [0.29, 0.717) is 25.2 Å². The molecule has 0 saturated heterocycles. The Morgan fingerprint density at radius 1 is 1.16 bits per heavy atom. The Morgan fingerprint density at radius 2 is 1.95 bits per heavy atom. The molecule has 19 heavy (non-hydrogen) atoms. The highest BCUT2D eigenvalue weighted by Gasteiger charge is 2.12. The fourth-order valence-corrected chi connectivity index (χ4v) is 2.26. The number of ether oxygens (including phenoxy) is 2. The van der Waals surface area contributed by atoms with Crippen molar-refractivity contribution in [1.82, 2.24) is 5.32 Å². The number of hydrogen-bond acceptors (Lipinski definition) is 3. The molecular formula is C14H29N3O2.